The molecular formula is C14H21NO. The van der Waals surface area contributed by atoms with Gasteiger partial charge in [0, 0.05) is 13.2 Å². The molecule has 0 spiro atoms. The Morgan fingerprint density at radius 3 is 2.81 bits per heavy atom. The van der Waals surface area contributed by atoms with Crippen LogP contribution in [-0.2, 0) is 11.2 Å². The first-order valence-electron chi connectivity index (χ1n) is 6.20. The molecule has 1 aromatic rings. The largest absolute Gasteiger partial charge is 0.380 e. The van der Waals surface area contributed by atoms with Crippen LogP contribution in [0.1, 0.15) is 24.8 Å². The molecule has 1 fully saturated rings. The van der Waals surface area contributed by atoms with Gasteiger partial charge in [-0.1, -0.05) is 30.3 Å². The van der Waals surface area contributed by atoms with Crippen molar-refractivity contribution in [1.29, 1.82) is 0 Å². The van der Waals surface area contributed by atoms with E-state index in [1.807, 2.05) is 7.11 Å². The third-order valence-corrected chi connectivity index (χ3v) is 3.42. The van der Waals surface area contributed by atoms with Crippen LogP contribution < -0.4 is 5.32 Å². The smallest absolute Gasteiger partial charge is 0.0724 e. The fourth-order valence-corrected chi connectivity index (χ4v) is 2.49. The molecule has 2 rings (SSSR count). The molecule has 0 amide bonds. The van der Waals surface area contributed by atoms with E-state index in [1.54, 1.807) is 0 Å². The number of rotatable bonds is 5. The van der Waals surface area contributed by atoms with Gasteiger partial charge in [-0.25, -0.2) is 0 Å². The van der Waals surface area contributed by atoms with Gasteiger partial charge < -0.3 is 10.1 Å². The zero-order chi connectivity index (χ0) is 11.2. The van der Waals surface area contributed by atoms with Crippen LogP contribution in [0.4, 0.5) is 0 Å². The Morgan fingerprint density at radius 1 is 1.25 bits per heavy atom. The maximum atomic E-state index is 5.46. The van der Waals surface area contributed by atoms with Crippen molar-refractivity contribution in [2.45, 2.75) is 37.8 Å². The average Bonchev–Trinajstić information content (AvgIpc) is 2.78. The molecule has 2 nitrogen and oxygen atoms in total. The summed E-state index contributed by atoms with van der Waals surface area (Å²) in [5.74, 6) is 0. The summed E-state index contributed by atoms with van der Waals surface area (Å²) in [6, 6.07) is 11.2. The number of hydrogen-bond acceptors (Lipinski definition) is 2. The molecule has 0 aliphatic heterocycles. The van der Waals surface area contributed by atoms with Crippen LogP contribution in [0.2, 0.25) is 0 Å². The van der Waals surface area contributed by atoms with E-state index >= 15 is 0 Å². The molecular weight excluding hydrogens is 198 g/mol. The highest BCUT2D eigenvalue weighted by molar-refractivity contribution is 5.14. The van der Waals surface area contributed by atoms with Crippen molar-refractivity contribution in [2.24, 2.45) is 0 Å². The second-order valence-corrected chi connectivity index (χ2v) is 4.50. The van der Waals surface area contributed by atoms with Crippen LogP contribution in [0.15, 0.2) is 30.3 Å². The number of hydrogen-bond donors (Lipinski definition) is 1. The highest BCUT2D eigenvalue weighted by atomic mass is 16.5. The van der Waals surface area contributed by atoms with Gasteiger partial charge in [-0.2, -0.15) is 0 Å². The van der Waals surface area contributed by atoms with Gasteiger partial charge >= 0.3 is 0 Å². The zero-order valence-corrected chi connectivity index (χ0v) is 9.99. The van der Waals surface area contributed by atoms with Crippen LogP contribution >= 0.6 is 0 Å². The Morgan fingerprint density at radius 2 is 2.06 bits per heavy atom. The first-order chi connectivity index (χ1) is 7.90. The van der Waals surface area contributed by atoms with Gasteiger partial charge in [0.2, 0.25) is 0 Å². The first kappa shape index (κ1) is 11.6. The number of nitrogens with one attached hydrogen (secondary N) is 1. The minimum atomic E-state index is 0.427. The maximum absolute atomic E-state index is 5.46. The topological polar surface area (TPSA) is 21.3 Å². The summed E-state index contributed by atoms with van der Waals surface area (Å²) in [6.07, 6.45) is 5.29. The fourth-order valence-electron chi connectivity index (χ4n) is 2.49. The molecule has 1 aliphatic carbocycles. The van der Waals surface area contributed by atoms with Gasteiger partial charge in [0.25, 0.3) is 0 Å². The van der Waals surface area contributed by atoms with E-state index in [-0.39, 0.29) is 0 Å². The van der Waals surface area contributed by atoms with Crippen LogP contribution in [0, 0.1) is 0 Å². The van der Waals surface area contributed by atoms with Crippen molar-refractivity contribution < 1.29 is 4.74 Å². The lowest BCUT2D eigenvalue weighted by molar-refractivity contribution is 0.0854. The van der Waals surface area contributed by atoms with Crippen molar-refractivity contribution >= 4 is 0 Å². The summed E-state index contributed by atoms with van der Waals surface area (Å²) in [5.41, 5.74) is 1.40. The summed E-state index contributed by atoms with van der Waals surface area (Å²) in [4.78, 5) is 0. The molecule has 1 N–H and O–H groups in total. The maximum Gasteiger partial charge on any atom is 0.0724 e. The van der Waals surface area contributed by atoms with E-state index in [9.17, 15) is 0 Å². The van der Waals surface area contributed by atoms with Gasteiger partial charge in [-0.3, -0.25) is 0 Å². The summed E-state index contributed by atoms with van der Waals surface area (Å²) >= 11 is 0. The van der Waals surface area contributed by atoms with E-state index in [2.05, 4.69) is 35.6 Å². The third-order valence-electron chi connectivity index (χ3n) is 3.42. The van der Waals surface area contributed by atoms with Crippen molar-refractivity contribution in [1.82, 2.24) is 5.32 Å². The van der Waals surface area contributed by atoms with Gasteiger partial charge in [0.05, 0.1) is 6.10 Å². The van der Waals surface area contributed by atoms with E-state index in [4.69, 9.17) is 4.74 Å². The number of benzene rings is 1. The Labute approximate surface area is 98.0 Å². The van der Waals surface area contributed by atoms with E-state index < -0.39 is 0 Å². The Kier molecular flexibility index (Phi) is 4.37. The number of methoxy groups -OCH3 is 1. The minimum Gasteiger partial charge on any atom is -0.380 e. The van der Waals surface area contributed by atoms with Crippen molar-refractivity contribution in [3.8, 4) is 0 Å². The Hall–Kier alpha value is -0.860. The molecule has 0 saturated heterocycles. The van der Waals surface area contributed by atoms with E-state index in [1.165, 1.54) is 24.8 Å². The molecule has 1 aromatic carbocycles. The van der Waals surface area contributed by atoms with Gasteiger partial charge in [0.15, 0.2) is 0 Å². The van der Waals surface area contributed by atoms with Crippen molar-refractivity contribution in [2.75, 3.05) is 13.7 Å². The van der Waals surface area contributed by atoms with E-state index in [0.29, 0.717) is 12.1 Å². The molecule has 0 heterocycles. The normalized spacial score (nSPS) is 24.8. The molecule has 2 heteroatoms. The summed E-state index contributed by atoms with van der Waals surface area (Å²) < 4.78 is 5.46. The van der Waals surface area contributed by atoms with Gasteiger partial charge in [-0.05, 0) is 37.8 Å². The highest BCUT2D eigenvalue weighted by Gasteiger charge is 2.25. The monoisotopic (exact) mass is 219 g/mol. The molecule has 0 bridgehead atoms. The highest BCUT2D eigenvalue weighted by Crippen LogP contribution is 2.21. The van der Waals surface area contributed by atoms with Crippen LogP contribution in [0.3, 0.4) is 0 Å². The van der Waals surface area contributed by atoms with Gasteiger partial charge in [-0.15, -0.1) is 0 Å². The van der Waals surface area contributed by atoms with Gasteiger partial charge in [0.1, 0.15) is 0 Å². The lowest BCUT2D eigenvalue weighted by atomic mass is 10.1. The second kappa shape index (κ2) is 6.02. The Balaban J connectivity index is 1.72. The average molecular weight is 219 g/mol. The Bertz CT molecular complexity index is 299. The molecule has 0 aromatic heterocycles. The predicted octanol–water partition coefficient (Wildman–Crippen LogP) is 2.39. The van der Waals surface area contributed by atoms with Crippen LogP contribution in [0.25, 0.3) is 0 Å². The molecule has 88 valence electrons. The summed E-state index contributed by atoms with van der Waals surface area (Å²) in [5, 5.41) is 3.61. The van der Waals surface area contributed by atoms with Crippen molar-refractivity contribution in [3.63, 3.8) is 0 Å². The lowest BCUT2D eigenvalue weighted by Crippen LogP contribution is -2.37. The van der Waals surface area contributed by atoms with Crippen molar-refractivity contribution in [3.05, 3.63) is 35.9 Å². The summed E-state index contributed by atoms with van der Waals surface area (Å²) in [6.45, 7) is 1.05. The molecule has 2 unspecified atom stereocenters. The zero-order valence-electron chi connectivity index (χ0n) is 9.99. The first-order valence-corrected chi connectivity index (χ1v) is 6.20. The third kappa shape index (κ3) is 3.06. The molecule has 1 saturated carbocycles. The van der Waals surface area contributed by atoms with Crippen LogP contribution in [0.5, 0.6) is 0 Å². The van der Waals surface area contributed by atoms with Crippen LogP contribution in [-0.4, -0.2) is 25.8 Å². The quantitative estimate of drug-likeness (QED) is 0.821. The predicted molar refractivity (Wildman–Crippen MR) is 66.6 cm³/mol. The minimum absolute atomic E-state index is 0.427. The SMILES string of the molecule is COC1CCCC1NCCc1ccccc1. The number of ether oxygens (including phenoxy) is 1. The summed E-state index contributed by atoms with van der Waals surface area (Å²) in [7, 11) is 1.82. The lowest BCUT2D eigenvalue weighted by Gasteiger charge is -2.19. The molecule has 16 heavy (non-hydrogen) atoms. The standard InChI is InChI=1S/C14H21NO/c1-16-14-9-5-8-13(14)15-11-10-12-6-3-2-4-7-12/h2-4,6-7,13-15H,5,8-11H2,1H3. The van der Waals surface area contributed by atoms with E-state index in [0.717, 1.165) is 13.0 Å². The molecule has 2 atom stereocenters. The second-order valence-electron chi connectivity index (χ2n) is 4.50. The fraction of sp³-hybridized carbons (Fsp3) is 0.571. The molecule has 0 radical (unpaired) electrons. The molecule has 1 aliphatic rings.